The minimum atomic E-state index is -1.62. The van der Waals surface area contributed by atoms with Crippen molar-refractivity contribution in [2.24, 2.45) is 5.92 Å². The number of hydrogen-bond donors (Lipinski definition) is 3. The maximum Gasteiger partial charge on any atom is 0.322 e. The molecule has 4 heterocycles. The highest BCUT2D eigenvalue weighted by atomic mass is 19.2. The fourth-order valence-electron chi connectivity index (χ4n) is 4.87. The van der Waals surface area contributed by atoms with Crippen LogP contribution in [0.15, 0.2) is 18.3 Å². The Morgan fingerprint density at radius 3 is 2.43 bits per heavy atom. The van der Waals surface area contributed by atoms with Crippen molar-refractivity contribution >= 4 is 23.3 Å². The number of aromatic nitrogens is 2. The lowest BCUT2D eigenvalue weighted by atomic mass is 10.0. The third-order valence-electron chi connectivity index (χ3n) is 6.82. The molecule has 3 amide bonds. The molecule has 1 aromatic carbocycles. The Bertz CT molecular complexity index is 1150. The second-order valence-electron chi connectivity index (χ2n) is 9.28. The van der Waals surface area contributed by atoms with Crippen molar-refractivity contribution in [2.45, 2.75) is 44.8 Å². The van der Waals surface area contributed by atoms with Gasteiger partial charge in [0.1, 0.15) is 6.23 Å². The second-order valence-corrected chi connectivity index (χ2v) is 9.28. The maximum atomic E-state index is 13.6. The molecule has 2 fully saturated rings. The number of benzene rings is 1. The van der Waals surface area contributed by atoms with Crippen LogP contribution in [0.1, 0.15) is 19.0 Å². The Morgan fingerprint density at radius 1 is 1.09 bits per heavy atom. The normalized spacial score (nSPS) is 24.4. The van der Waals surface area contributed by atoms with Gasteiger partial charge in [-0.05, 0) is 6.92 Å². The van der Waals surface area contributed by atoms with Crippen molar-refractivity contribution in [1.82, 2.24) is 19.6 Å². The van der Waals surface area contributed by atoms with E-state index in [4.69, 9.17) is 0 Å². The van der Waals surface area contributed by atoms with E-state index in [1.807, 2.05) is 0 Å². The van der Waals surface area contributed by atoms with Gasteiger partial charge in [-0.25, -0.2) is 18.0 Å². The number of rotatable bonds is 3. The van der Waals surface area contributed by atoms with Crippen LogP contribution in [0, 0.1) is 23.4 Å². The predicted molar refractivity (Wildman–Crippen MR) is 117 cm³/mol. The van der Waals surface area contributed by atoms with Crippen LogP contribution in [0.3, 0.4) is 0 Å². The molecule has 0 radical (unpaired) electrons. The average molecular weight is 494 g/mol. The van der Waals surface area contributed by atoms with Gasteiger partial charge in [-0.3, -0.25) is 9.48 Å². The summed E-state index contributed by atoms with van der Waals surface area (Å²) in [6.07, 6.45) is 0.387. The minimum absolute atomic E-state index is 0.0919. The summed E-state index contributed by atoms with van der Waals surface area (Å²) in [4.78, 5) is 30.3. The molecule has 188 valence electrons. The zero-order chi connectivity index (χ0) is 25.0. The van der Waals surface area contributed by atoms with Crippen molar-refractivity contribution < 1.29 is 33.0 Å². The second kappa shape index (κ2) is 8.72. The van der Waals surface area contributed by atoms with Gasteiger partial charge >= 0.3 is 6.03 Å². The number of aliphatic hydroxyl groups excluding tert-OH is 2. The SMILES string of the molecule is C[C@H]1Cn2ncc(N3CC(C(=O)N4CC(O)C4)CC3O)c2CN1C(=O)Nc1cc(F)c(F)c(F)c1. The number of carbonyl (C=O) groups is 2. The number of aliphatic hydroxyl groups is 2. The van der Waals surface area contributed by atoms with Crippen LogP contribution in [0.25, 0.3) is 0 Å². The van der Waals surface area contributed by atoms with Gasteiger partial charge in [0.05, 0.1) is 48.7 Å². The zero-order valence-corrected chi connectivity index (χ0v) is 18.9. The molecule has 0 spiro atoms. The van der Waals surface area contributed by atoms with E-state index in [0.717, 1.165) is 0 Å². The number of carbonyl (C=O) groups excluding carboxylic acids is 2. The molecule has 5 rings (SSSR count). The highest BCUT2D eigenvalue weighted by Gasteiger charge is 2.42. The summed E-state index contributed by atoms with van der Waals surface area (Å²) in [5.41, 5.74) is 1.01. The van der Waals surface area contributed by atoms with Crippen LogP contribution < -0.4 is 10.2 Å². The summed E-state index contributed by atoms with van der Waals surface area (Å²) in [7, 11) is 0. The summed E-state index contributed by atoms with van der Waals surface area (Å²) >= 11 is 0. The van der Waals surface area contributed by atoms with Crippen molar-refractivity contribution in [2.75, 3.05) is 29.9 Å². The summed E-state index contributed by atoms with van der Waals surface area (Å²) in [6, 6.07) is 0.457. The van der Waals surface area contributed by atoms with Crippen LogP contribution in [-0.2, 0) is 17.9 Å². The number of amides is 3. The Labute approximate surface area is 198 Å². The van der Waals surface area contributed by atoms with Crippen molar-refractivity contribution in [1.29, 1.82) is 0 Å². The van der Waals surface area contributed by atoms with Gasteiger partial charge < -0.3 is 30.2 Å². The monoisotopic (exact) mass is 494 g/mol. The van der Waals surface area contributed by atoms with E-state index in [9.17, 15) is 33.0 Å². The number of nitrogens with zero attached hydrogens (tertiary/aromatic N) is 5. The lowest BCUT2D eigenvalue weighted by Gasteiger charge is -2.37. The average Bonchev–Trinajstić information content (AvgIpc) is 3.36. The molecule has 0 aliphatic carbocycles. The summed E-state index contributed by atoms with van der Waals surface area (Å²) in [5.74, 6) is -4.99. The van der Waals surface area contributed by atoms with Gasteiger partial charge in [-0.2, -0.15) is 5.10 Å². The van der Waals surface area contributed by atoms with Crippen molar-refractivity contribution in [3.8, 4) is 0 Å². The van der Waals surface area contributed by atoms with E-state index in [1.165, 1.54) is 4.90 Å². The van der Waals surface area contributed by atoms with E-state index in [-0.39, 0.29) is 37.1 Å². The Balaban J connectivity index is 1.31. The molecule has 2 aromatic rings. The van der Waals surface area contributed by atoms with Gasteiger partial charge in [-0.15, -0.1) is 0 Å². The largest absolute Gasteiger partial charge is 0.389 e. The predicted octanol–water partition coefficient (Wildman–Crippen LogP) is 1.08. The van der Waals surface area contributed by atoms with Crippen LogP contribution in [0.5, 0.6) is 0 Å². The molecule has 3 atom stereocenters. The molecular formula is C22H25F3N6O4. The van der Waals surface area contributed by atoms with Crippen LogP contribution in [0.2, 0.25) is 0 Å². The fraction of sp³-hybridized carbons (Fsp3) is 0.500. The first-order chi connectivity index (χ1) is 16.6. The molecule has 3 aliphatic heterocycles. The topological polar surface area (TPSA) is 114 Å². The van der Waals surface area contributed by atoms with Crippen LogP contribution >= 0.6 is 0 Å². The first-order valence-corrected chi connectivity index (χ1v) is 11.3. The number of β-amino-alcohol motifs (C(OH)–C–C–N with tert-alkyl or cyclic N) is 1. The molecule has 3 N–H and O–H groups in total. The minimum Gasteiger partial charge on any atom is -0.389 e. The third-order valence-corrected chi connectivity index (χ3v) is 6.82. The lowest BCUT2D eigenvalue weighted by molar-refractivity contribution is -0.145. The molecule has 0 saturated carbocycles. The van der Waals surface area contributed by atoms with Crippen LogP contribution in [0.4, 0.5) is 29.3 Å². The number of halogens is 3. The Morgan fingerprint density at radius 2 is 1.77 bits per heavy atom. The molecular weight excluding hydrogens is 469 g/mol. The molecule has 3 aliphatic rings. The Kier molecular flexibility index (Phi) is 5.83. The highest BCUT2D eigenvalue weighted by molar-refractivity contribution is 5.89. The van der Waals surface area contributed by atoms with E-state index in [0.29, 0.717) is 43.1 Å². The van der Waals surface area contributed by atoms with Gasteiger partial charge in [0.15, 0.2) is 17.5 Å². The number of hydrogen-bond acceptors (Lipinski definition) is 6. The first kappa shape index (κ1) is 23.4. The summed E-state index contributed by atoms with van der Waals surface area (Å²) in [5, 5.41) is 26.9. The third kappa shape index (κ3) is 4.18. The number of fused-ring (bicyclic) bond motifs is 1. The van der Waals surface area contributed by atoms with Gasteiger partial charge in [0.25, 0.3) is 0 Å². The van der Waals surface area contributed by atoms with Gasteiger partial charge in [0, 0.05) is 43.9 Å². The highest BCUT2D eigenvalue weighted by Crippen LogP contribution is 2.34. The maximum absolute atomic E-state index is 13.6. The van der Waals surface area contributed by atoms with Gasteiger partial charge in [-0.1, -0.05) is 0 Å². The molecule has 2 unspecified atom stereocenters. The fourth-order valence-corrected chi connectivity index (χ4v) is 4.87. The van der Waals surface area contributed by atoms with Crippen molar-refractivity contribution in [3.05, 3.63) is 41.5 Å². The van der Waals surface area contributed by atoms with E-state index in [1.54, 1.807) is 27.6 Å². The number of likely N-dealkylation sites (tertiary alicyclic amines) is 1. The molecule has 10 nitrogen and oxygen atoms in total. The number of anilines is 2. The van der Waals surface area contributed by atoms with Gasteiger partial charge in [0.2, 0.25) is 5.91 Å². The standard InChI is InChI=1S/C22H25F3N6O4/c1-11-6-31-18(10-29(11)22(35)27-13-3-15(23)20(25)16(24)4-13)17(5-26-31)30-7-12(2-19(30)33)21(34)28-8-14(32)9-28/h3-5,11-12,14,19,32-33H,2,6-10H2,1H3,(H,27,35)/t11-,12?,19?/m0/s1. The zero-order valence-electron chi connectivity index (χ0n) is 18.9. The molecule has 1 aromatic heterocycles. The first-order valence-electron chi connectivity index (χ1n) is 11.3. The Hall–Kier alpha value is -3.32. The molecule has 35 heavy (non-hydrogen) atoms. The number of urea groups is 1. The van der Waals surface area contributed by atoms with E-state index in [2.05, 4.69) is 10.4 Å². The van der Waals surface area contributed by atoms with Crippen LogP contribution in [-0.4, -0.2) is 79.7 Å². The van der Waals surface area contributed by atoms with E-state index < -0.39 is 41.7 Å². The van der Waals surface area contributed by atoms with Crippen molar-refractivity contribution in [3.63, 3.8) is 0 Å². The molecule has 0 bridgehead atoms. The van der Waals surface area contributed by atoms with E-state index >= 15 is 0 Å². The summed E-state index contributed by atoms with van der Waals surface area (Å²) < 4.78 is 42.1. The molecule has 13 heteroatoms. The smallest absolute Gasteiger partial charge is 0.322 e. The number of nitrogens with one attached hydrogen (secondary N) is 1. The molecule has 2 saturated heterocycles. The lowest BCUT2D eigenvalue weighted by Crippen LogP contribution is -2.55. The quantitative estimate of drug-likeness (QED) is 0.551. The summed E-state index contributed by atoms with van der Waals surface area (Å²) in [6.45, 7) is 3.07.